The van der Waals surface area contributed by atoms with E-state index in [1.54, 1.807) is 18.2 Å². The van der Waals surface area contributed by atoms with Gasteiger partial charge < -0.3 is 11.1 Å². The average Bonchev–Trinajstić information content (AvgIpc) is 2.74. The maximum atomic E-state index is 11.9. The smallest absolute Gasteiger partial charge is 0.229 e. The van der Waals surface area contributed by atoms with Crippen molar-refractivity contribution >= 4 is 29.1 Å². The van der Waals surface area contributed by atoms with E-state index in [0.717, 1.165) is 11.3 Å². The highest BCUT2D eigenvalue weighted by molar-refractivity contribution is 6.02. The van der Waals surface area contributed by atoms with E-state index in [1.165, 1.54) is 4.90 Å². The van der Waals surface area contributed by atoms with Crippen molar-refractivity contribution in [3.8, 4) is 0 Å². The van der Waals surface area contributed by atoms with Gasteiger partial charge in [-0.15, -0.1) is 0 Å². The Morgan fingerprint density at radius 1 is 1.29 bits per heavy atom. The Morgan fingerprint density at radius 2 is 1.95 bits per heavy atom. The van der Waals surface area contributed by atoms with Crippen molar-refractivity contribution in [2.24, 2.45) is 0 Å². The summed E-state index contributed by atoms with van der Waals surface area (Å²) in [6.45, 7) is 2.18. The average molecular weight is 289 g/mol. The van der Waals surface area contributed by atoms with Gasteiger partial charge in [0.1, 0.15) is 0 Å². The number of nitrogens with two attached hydrogens (primary N) is 1. The first-order valence-corrected chi connectivity index (χ1v) is 6.96. The molecule has 1 fully saturated rings. The van der Waals surface area contributed by atoms with Gasteiger partial charge in [0.05, 0.1) is 0 Å². The highest BCUT2D eigenvalue weighted by Gasteiger charge is 2.28. The maximum Gasteiger partial charge on any atom is 0.229 e. The second-order valence-electron chi connectivity index (χ2n) is 5.17. The molecule has 0 saturated carbocycles. The number of imide groups is 1. The molecule has 1 aliphatic heterocycles. The fourth-order valence-electron chi connectivity index (χ4n) is 2.31. The molecular weight excluding hydrogens is 270 g/mol. The van der Waals surface area contributed by atoms with E-state index in [1.807, 2.05) is 6.92 Å². The van der Waals surface area contributed by atoms with Crippen LogP contribution >= 0.6 is 0 Å². The van der Waals surface area contributed by atoms with Crippen molar-refractivity contribution in [2.75, 3.05) is 17.6 Å². The first kappa shape index (κ1) is 15.0. The number of carbonyl (C=O) groups excluding carboxylic acids is 3. The summed E-state index contributed by atoms with van der Waals surface area (Å²) < 4.78 is 0. The van der Waals surface area contributed by atoms with Crippen molar-refractivity contribution in [1.82, 2.24) is 4.90 Å². The number of aryl methyl sites for hydroxylation is 1. The highest BCUT2D eigenvalue weighted by atomic mass is 16.2. The van der Waals surface area contributed by atoms with Gasteiger partial charge in [0, 0.05) is 37.2 Å². The van der Waals surface area contributed by atoms with Crippen LogP contribution in [0.3, 0.4) is 0 Å². The van der Waals surface area contributed by atoms with Gasteiger partial charge in [-0.1, -0.05) is 0 Å². The lowest BCUT2D eigenvalue weighted by Crippen LogP contribution is -2.30. The molecule has 21 heavy (non-hydrogen) atoms. The molecule has 1 aliphatic rings. The third-order valence-electron chi connectivity index (χ3n) is 3.46. The second-order valence-corrected chi connectivity index (χ2v) is 5.17. The molecule has 0 unspecified atom stereocenters. The Bertz CT molecular complexity index is 568. The number of hydrogen-bond donors (Lipinski definition) is 2. The van der Waals surface area contributed by atoms with Crippen molar-refractivity contribution < 1.29 is 14.4 Å². The van der Waals surface area contributed by atoms with Crippen molar-refractivity contribution in [3.63, 3.8) is 0 Å². The molecule has 0 atom stereocenters. The number of nitrogen functional groups attached to an aromatic ring is 1. The maximum absolute atomic E-state index is 11.9. The number of nitrogens with zero attached hydrogens (tertiary/aromatic N) is 1. The van der Waals surface area contributed by atoms with E-state index in [-0.39, 0.29) is 37.0 Å². The van der Waals surface area contributed by atoms with Crippen LogP contribution in [0.25, 0.3) is 0 Å². The molecule has 0 radical (unpaired) electrons. The minimum absolute atomic E-state index is 0.137. The first-order chi connectivity index (χ1) is 9.97. The van der Waals surface area contributed by atoms with Gasteiger partial charge in [0.2, 0.25) is 17.7 Å². The number of likely N-dealkylation sites (tertiary alicyclic amines) is 1. The Hall–Kier alpha value is -2.37. The number of benzene rings is 1. The molecule has 0 spiro atoms. The molecule has 0 bridgehead atoms. The van der Waals surface area contributed by atoms with E-state index in [4.69, 9.17) is 5.73 Å². The monoisotopic (exact) mass is 289 g/mol. The molecular formula is C15H19N3O3. The predicted octanol–water partition coefficient (Wildman–Crippen LogP) is 1.44. The summed E-state index contributed by atoms with van der Waals surface area (Å²) in [5, 5.41) is 2.80. The van der Waals surface area contributed by atoms with E-state index < -0.39 is 0 Å². The Kier molecular flexibility index (Phi) is 4.57. The number of amides is 3. The number of rotatable bonds is 5. The minimum atomic E-state index is -0.144. The zero-order chi connectivity index (χ0) is 15.4. The van der Waals surface area contributed by atoms with Gasteiger partial charge in [-0.05, 0) is 37.1 Å². The third-order valence-corrected chi connectivity index (χ3v) is 3.46. The molecule has 1 saturated heterocycles. The number of nitrogens with one attached hydrogen (secondary N) is 1. The Labute approximate surface area is 123 Å². The number of hydrogen-bond acceptors (Lipinski definition) is 4. The molecule has 0 aliphatic carbocycles. The first-order valence-electron chi connectivity index (χ1n) is 6.96. The van der Waals surface area contributed by atoms with Crippen molar-refractivity contribution in [1.29, 1.82) is 0 Å². The zero-order valence-electron chi connectivity index (χ0n) is 12.0. The second kappa shape index (κ2) is 6.39. The molecule has 3 amide bonds. The molecule has 0 aromatic heterocycles. The van der Waals surface area contributed by atoms with Gasteiger partial charge in [-0.25, -0.2) is 0 Å². The molecule has 2 rings (SSSR count). The van der Waals surface area contributed by atoms with Crippen LogP contribution in [0.4, 0.5) is 11.4 Å². The van der Waals surface area contributed by atoms with Gasteiger partial charge in [0.25, 0.3) is 0 Å². The largest absolute Gasteiger partial charge is 0.399 e. The summed E-state index contributed by atoms with van der Waals surface area (Å²) in [6.07, 6.45) is 1.31. The molecule has 6 heteroatoms. The molecule has 6 nitrogen and oxygen atoms in total. The van der Waals surface area contributed by atoms with Crippen LogP contribution in [0.1, 0.15) is 31.2 Å². The summed E-state index contributed by atoms with van der Waals surface area (Å²) in [5.74, 6) is -0.424. The van der Waals surface area contributed by atoms with Crippen molar-refractivity contribution in [3.05, 3.63) is 23.8 Å². The Morgan fingerprint density at radius 3 is 2.57 bits per heavy atom. The number of carbonyl (C=O) groups is 3. The zero-order valence-corrected chi connectivity index (χ0v) is 12.0. The van der Waals surface area contributed by atoms with Crippen LogP contribution in [0.2, 0.25) is 0 Å². The van der Waals surface area contributed by atoms with Crippen LogP contribution in [0.15, 0.2) is 18.2 Å². The lowest BCUT2D eigenvalue weighted by Gasteiger charge is -2.13. The fraction of sp³-hybridized carbons (Fsp3) is 0.400. The lowest BCUT2D eigenvalue weighted by atomic mass is 10.1. The fourth-order valence-corrected chi connectivity index (χ4v) is 2.31. The molecule has 1 aromatic rings. The van der Waals surface area contributed by atoms with Gasteiger partial charge in [0.15, 0.2) is 0 Å². The summed E-state index contributed by atoms with van der Waals surface area (Å²) >= 11 is 0. The van der Waals surface area contributed by atoms with Crippen LogP contribution in [-0.2, 0) is 14.4 Å². The van der Waals surface area contributed by atoms with E-state index in [2.05, 4.69) is 5.32 Å². The lowest BCUT2D eigenvalue weighted by molar-refractivity contribution is -0.138. The number of anilines is 2. The highest BCUT2D eigenvalue weighted by Crippen LogP contribution is 2.18. The minimum Gasteiger partial charge on any atom is -0.399 e. The van der Waals surface area contributed by atoms with E-state index in [9.17, 15) is 14.4 Å². The summed E-state index contributed by atoms with van der Waals surface area (Å²) in [7, 11) is 0. The standard InChI is InChI=1S/C15H19N3O3/c1-10-9-11(16)4-5-12(10)17-13(19)3-2-8-18-14(20)6-7-15(18)21/h4-5,9H,2-3,6-8,16H2,1H3,(H,17,19). The third kappa shape index (κ3) is 3.81. The van der Waals surface area contributed by atoms with Gasteiger partial charge in [-0.3, -0.25) is 19.3 Å². The molecule has 3 N–H and O–H groups in total. The molecule has 112 valence electrons. The van der Waals surface area contributed by atoms with Crippen LogP contribution in [0.5, 0.6) is 0 Å². The summed E-state index contributed by atoms with van der Waals surface area (Å²) in [5.41, 5.74) is 7.92. The predicted molar refractivity (Wildman–Crippen MR) is 79.4 cm³/mol. The van der Waals surface area contributed by atoms with Crippen LogP contribution in [-0.4, -0.2) is 29.2 Å². The van der Waals surface area contributed by atoms with E-state index in [0.29, 0.717) is 18.7 Å². The summed E-state index contributed by atoms with van der Waals surface area (Å²) in [6, 6.07) is 5.28. The van der Waals surface area contributed by atoms with Gasteiger partial charge >= 0.3 is 0 Å². The van der Waals surface area contributed by atoms with Crippen molar-refractivity contribution in [2.45, 2.75) is 32.6 Å². The van der Waals surface area contributed by atoms with Crippen LogP contribution in [0, 0.1) is 6.92 Å². The summed E-state index contributed by atoms with van der Waals surface area (Å²) in [4.78, 5) is 35.9. The topological polar surface area (TPSA) is 92.5 Å². The SMILES string of the molecule is Cc1cc(N)ccc1NC(=O)CCCN1C(=O)CCC1=O. The normalized spacial score (nSPS) is 14.6. The van der Waals surface area contributed by atoms with E-state index >= 15 is 0 Å². The molecule has 1 aromatic carbocycles. The Balaban J connectivity index is 1.80. The quantitative estimate of drug-likeness (QED) is 0.633. The van der Waals surface area contributed by atoms with Gasteiger partial charge in [-0.2, -0.15) is 0 Å². The molecule has 1 heterocycles. The van der Waals surface area contributed by atoms with Crippen LogP contribution < -0.4 is 11.1 Å².